The Labute approximate surface area is 136 Å². The molecule has 3 rings (SSSR count). The van der Waals surface area contributed by atoms with E-state index in [-0.39, 0.29) is 5.69 Å². The van der Waals surface area contributed by atoms with Crippen molar-refractivity contribution in [3.63, 3.8) is 0 Å². The van der Waals surface area contributed by atoms with Gasteiger partial charge in [0.2, 0.25) is 0 Å². The lowest BCUT2D eigenvalue weighted by Gasteiger charge is -2.43. The lowest BCUT2D eigenvalue weighted by atomic mass is 9.97. The van der Waals surface area contributed by atoms with Crippen molar-refractivity contribution in [1.82, 2.24) is 4.90 Å². The zero-order valence-corrected chi connectivity index (χ0v) is 13.0. The molecule has 0 amide bonds. The summed E-state index contributed by atoms with van der Waals surface area (Å²) in [5.74, 6) is 0.366. The van der Waals surface area contributed by atoms with Gasteiger partial charge in [0.05, 0.1) is 23.7 Å². The van der Waals surface area contributed by atoms with Gasteiger partial charge < -0.3 is 9.64 Å². The molecule has 0 saturated carbocycles. The van der Waals surface area contributed by atoms with Crippen LogP contribution >= 0.6 is 0 Å². The van der Waals surface area contributed by atoms with Gasteiger partial charge in [-0.3, -0.25) is 15.0 Å². The van der Waals surface area contributed by atoms with Crippen molar-refractivity contribution in [2.75, 3.05) is 50.8 Å². The van der Waals surface area contributed by atoms with Gasteiger partial charge in [0.1, 0.15) is 5.69 Å². The summed E-state index contributed by atoms with van der Waals surface area (Å²) in [4.78, 5) is 14.4. The molecule has 1 aromatic rings. The van der Waals surface area contributed by atoms with Crippen molar-refractivity contribution >= 4 is 11.4 Å². The summed E-state index contributed by atoms with van der Waals surface area (Å²) in [5.41, 5.74) is -1.23. The highest BCUT2D eigenvalue weighted by Crippen LogP contribution is 2.38. The Balaban J connectivity index is 1.66. The third kappa shape index (κ3) is 3.62. The molecule has 0 aliphatic carbocycles. The average molecular weight is 345 g/mol. The molecule has 0 N–H and O–H groups in total. The standard InChI is InChI=1S/C15H18F3N3O3/c16-15(17,18)12-1-2-13(14(7-12)21(22)23)20-9-11(10-20)8-19-3-5-24-6-4-19/h1-2,7,11H,3-6,8-10H2. The maximum Gasteiger partial charge on any atom is 0.416 e. The van der Waals surface area contributed by atoms with Crippen LogP contribution in [0.1, 0.15) is 5.56 Å². The highest BCUT2D eigenvalue weighted by molar-refractivity contribution is 5.66. The van der Waals surface area contributed by atoms with Crippen molar-refractivity contribution in [3.8, 4) is 0 Å². The Kier molecular flexibility index (Phi) is 4.64. The molecule has 0 aromatic heterocycles. The van der Waals surface area contributed by atoms with Crippen LogP contribution in [0.25, 0.3) is 0 Å². The van der Waals surface area contributed by atoms with Crippen molar-refractivity contribution in [1.29, 1.82) is 0 Å². The summed E-state index contributed by atoms with van der Waals surface area (Å²) < 4.78 is 43.5. The van der Waals surface area contributed by atoms with Gasteiger partial charge in [-0.25, -0.2) is 0 Å². The molecule has 2 saturated heterocycles. The Bertz CT molecular complexity index is 612. The number of hydrogen-bond donors (Lipinski definition) is 0. The van der Waals surface area contributed by atoms with E-state index in [1.807, 2.05) is 0 Å². The smallest absolute Gasteiger partial charge is 0.379 e. The normalized spacial score (nSPS) is 20.0. The highest BCUT2D eigenvalue weighted by atomic mass is 19.4. The monoisotopic (exact) mass is 345 g/mol. The van der Waals surface area contributed by atoms with Gasteiger partial charge in [0.25, 0.3) is 5.69 Å². The van der Waals surface area contributed by atoms with E-state index in [1.54, 1.807) is 4.90 Å². The predicted molar refractivity (Wildman–Crippen MR) is 81.1 cm³/mol. The molecule has 6 nitrogen and oxygen atoms in total. The minimum atomic E-state index is -4.59. The summed E-state index contributed by atoms with van der Waals surface area (Å²) in [6.07, 6.45) is -4.59. The highest BCUT2D eigenvalue weighted by Gasteiger charge is 2.36. The molecule has 2 fully saturated rings. The summed E-state index contributed by atoms with van der Waals surface area (Å²) in [6, 6.07) is 2.72. The van der Waals surface area contributed by atoms with E-state index in [4.69, 9.17) is 4.74 Å². The minimum absolute atomic E-state index is 0.256. The zero-order chi connectivity index (χ0) is 17.3. The lowest BCUT2D eigenvalue weighted by molar-refractivity contribution is -0.384. The predicted octanol–water partition coefficient (Wildman–Crippen LogP) is 2.38. The van der Waals surface area contributed by atoms with Crippen LogP contribution in [0, 0.1) is 16.0 Å². The van der Waals surface area contributed by atoms with Crippen LogP contribution < -0.4 is 4.90 Å². The Morgan fingerprint density at radius 2 is 1.92 bits per heavy atom. The van der Waals surface area contributed by atoms with Gasteiger partial charge in [0.15, 0.2) is 0 Å². The van der Waals surface area contributed by atoms with Gasteiger partial charge in [0, 0.05) is 44.7 Å². The molecule has 2 heterocycles. The Morgan fingerprint density at radius 1 is 1.25 bits per heavy atom. The molecule has 24 heavy (non-hydrogen) atoms. The quantitative estimate of drug-likeness (QED) is 0.619. The number of alkyl halides is 3. The SMILES string of the molecule is O=[N+]([O-])c1cc(C(F)(F)F)ccc1N1CC(CN2CCOCC2)C1. The number of rotatable bonds is 4. The average Bonchev–Trinajstić information content (AvgIpc) is 2.50. The van der Waals surface area contributed by atoms with E-state index in [0.717, 1.165) is 25.7 Å². The maximum atomic E-state index is 12.7. The van der Waals surface area contributed by atoms with E-state index in [2.05, 4.69) is 4.90 Å². The number of halogens is 3. The number of nitro groups is 1. The second-order valence-electron chi connectivity index (χ2n) is 6.14. The van der Waals surface area contributed by atoms with Gasteiger partial charge in [-0.15, -0.1) is 0 Å². The van der Waals surface area contributed by atoms with E-state index in [9.17, 15) is 23.3 Å². The van der Waals surface area contributed by atoms with Crippen LogP contribution in [0.3, 0.4) is 0 Å². The lowest BCUT2D eigenvalue weighted by Crippen LogP contribution is -2.53. The molecule has 0 atom stereocenters. The molecule has 2 aliphatic heterocycles. The minimum Gasteiger partial charge on any atom is -0.379 e. The number of hydrogen-bond acceptors (Lipinski definition) is 5. The van der Waals surface area contributed by atoms with E-state index < -0.39 is 22.4 Å². The number of ether oxygens (including phenoxy) is 1. The molecule has 1 aromatic carbocycles. The van der Waals surface area contributed by atoms with E-state index in [1.165, 1.54) is 6.07 Å². The first kappa shape index (κ1) is 17.0. The zero-order valence-electron chi connectivity index (χ0n) is 13.0. The van der Waals surface area contributed by atoms with Crippen LogP contribution in [0.15, 0.2) is 18.2 Å². The fourth-order valence-corrected chi connectivity index (χ4v) is 3.14. The molecule has 0 unspecified atom stereocenters. The van der Waals surface area contributed by atoms with Crippen LogP contribution in [0.2, 0.25) is 0 Å². The number of morpholine rings is 1. The second kappa shape index (κ2) is 6.56. The fraction of sp³-hybridized carbons (Fsp3) is 0.600. The molecule has 9 heteroatoms. The van der Waals surface area contributed by atoms with Crippen LogP contribution in [-0.2, 0) is 10.9 Å². The number of anilines is 1. The molecular formula is C15H18F3N3O3. The van der Waals surface area contributed by atoms with Crippen LogP contribution in [-0.4, -0.2) is 55.8 Å². The van der Waals surface area contributed by atoms with E-state index in [0.29, 0.717) is 38.3 Å². The first-order chi connectivity index (χ1) is 11.3. The van der Waals surface area contributed by atoms with Crippen molar-refractivity contribution in [2.45, 2.75) is 6.18 Å². The van der Waals surface area contributed by atoms with Gasteiger partial charge >= 0.3 is 6.18 Å². The van der Waals surface area contributed by atoms with Crippen molar-refractivity contribution in [2.24, 2.45) is 5.92 Å². The molecule has 0 spiro atoms. The first-order valence-electron chi connectivity index (χ1n) is 7.75. The third-order valence-electron chi connectivity index (χ3n) is 4.42. The molecule has 0 radical (unpaired) electrons. The number of nitro benzene ring substituents is 1. The Hall–Kier alpha value is -1.87. The van der Waals surface area contributed by atoms with Crippen LogP contribution in [0.5, 0.6) is 0 Å². The fourth-order valence-electron chi connectivity index (χ4n) is 3.14. The topological polar surface area (TPSA) is 58.9 Å². The first-order valence-corrected chi connectivity index (χ1v) is 7.75. The number of nitrogens with zero attached hydrogens (tertiary/aromatic N) is 3. The van der Waals surface area contributed by atoms with Crippen LogP contribution in [0.4, 0.5) is 24.5 Å². The molecule has 132 valence electrons. The molecular weight excluding hydrogens is 327 g/mol. The molecule has 2 aliphatic rings. The largest absolute Gasteiger partial charge is 0.416 e. The van der Waals surface area contributed by atoms with E-state index >= 15 is 0 Å². The number of benzene rings is 1. The van der Waals surface area contributed by atoms with Crippen molar-refractivity contribution < 1.29 is 22.8 Å². The van der Waals surface area contributed by atoms with Gasteiger partial charge in [-0.05, 0) is 12.1 Å². The molecule has 0 bridgehead atoms. The summed E-state index contributed by atoms with van der Waals surface area (Å²) in [6.45, 7) is 5.27. The third-order valence-corrected chi connectivity index (χ3v) is 4.42. The maximum absolute atomic E-state index is 12.7. The Morgan fingerprint density at radius 3 is 2.50 bits per heavy atom. The van der Waals surface area contributed by atoms with Gasteiger partial charge in [-0.2, -0.15) is 13.2 Å². The summed E-state index contributed by atoms with van der Waals surface area (Å²) >= 11 is 0. The van der Waals surface area contributed by atoms with Gasteiger partial charge in [-0.1, -0.05) is 0 Å². The van der Waals surface area contributed by atoms with Crippen molar-refractivity contribution in [3.05, 3.63) is 33.9 Å². The second-order valence-corrected chi connectivity index (χ2v) is 6.14. The summed E-state index contributed by atoms with van der Waals surface area (Å²) in [5, 5.41) is 11.1. The summed E-state index contributed by atoms with van der Waals surface area (Å²) in [7, 11) is 0.